The highest BCUT2D eigenvalue weighted by atomic mass is 16.1. The van der Waals surface area contributed by atoms with Crippen molar-refractivity contribution in [1.82, 2.24) is 9.80 Å². The van der Waals surface area contributed by atoms with E-state index in [0.29, 0.717) is 12.5 Å². The Morgan fingerprint density at radius 3 is 2.16 bits per heavy atom. The number of nitrogens with zero attached hydrogens (tertiary/aromatic N) is 2. The highest BCUT2D eigenvalue weighted by Crippen LogP contribution is 2.12. The van der Waals surface area contributed by atoms with E-state index in [4.69, 9.17) is 0 Å². The van der Waals surface area contributed by atoms with Crippen molar-refractivity contribution in [3.63, 3.8) is 0 Å². The van der Waals surface area contributed by atoms with E-state index in [1.165, 1.54) is 5.56 Å². The number of Topliss-reactive ketones (excluding diaryl/α,β-unsaturated/α-hetero) is 1. The molecule has 3 rings (SSSR count). The summed E-state index contributed by atoms with van der Waals surface area (Å²) in [7, 11) is 0. The molecule has 2 aromatic rings. The smallest absolute Gasteiger partial charge is 0.164 e. The number of piperazine rings is 1. The lowest BCUT2D eigenvalue weighted by Crippen LogP contribution is -2.50. The molecule has 0 N–H and O–H groups in total. The third-order valence-electron chi connectivity index (χ3n) is 5.16. The molecule has 0 spiro atoms. The first-order valence-electron chi connectivity index (χ1n) is 9.31. The Bertz CT molecular complexity index is 648. The summed E-state index contributed by atoms with van der Waals surface area (Å²) in [6.07, 6.45) is 1.72. The summed E-state index contributed by atoms with van der Waals surface area (Å²) >= 11 is 0. The van der Waals surface area contributed by atoms with Gasteiger partial charge in [0.05, 0.1) is 0 Å². The number of benzene rings is 2. The fraction of sp³-hybridized carbons (Fsp3) is 0.409. The first-order chi connectivity index (χ1) is 12.2. The summed E-state index contributed by atoms with van der Waals surface area (Å²) in [4.78, 5) is 17.2. The second-order valence-electron chi connectivity index (χ2n) is 6.96. The highest BCUT2D eigenvalue weighted by Gasteiger charge is 2.21. The Hall–Kier alpha value is -1.97. The summed E-state index contributed by atoms with van der Waals surface area (Å²) < 4.78 is 0. The van der Waals surface area contributed by atoms with Crippen molar-refractivity contribution in [2.75, 3.05) is 32.7 Å². The van der Waals surface area contributed by atoms with E-state index >= 15 is 0 Å². The SMILES string of the molecule is CC(Cc1ccccc1)N1CCN(CCC(=O)c2ccccc2)CC1. The van der Waals surface area contributed by atoms with E-state index < -0.39 is 0 Å². The Kier molecular flexibility index (Phi) is 6.37. The van der Waals surface area contributed by atoms with Gasteiger partial charge < -0.3 is 4.90 Å². The van der Waals surface area contributed by atoms with Gasteiger partial charge in [0.1, 0.15) is 0 Å². The van der Waals surface area contributed by atoms with Gasteiger partial charge in [0.15, 0.2) is 5.78 Å². The average molecular weight is 336 g/mol. The summed E-state index contributed by atoms with van der Waals surface area (Å²) in [6.45, 7) is 7.49. The molecule has 0 saturated carbocycles. The van der Waals surface area contributed by atoms with Crippen molar-refractivity contribution in [3.05, 3.63) is 71.8 Å². The molecule has 0 bridgehead atoms. The molecule has 25 heavy (non-hydrogen) atoms. The average Bonchev–Trinajstić information content (AvgIpc) is 2.68. The van der Waals surface area contributed by atoms with Crippen molar-refractivity contribution < 1.29 is 4.79 Å². The molecular formula is C22H28N2O. The summed E-state index contributed by atoms with van der Waals surface area (Å²) in [5.74, 6) is 0.250. The number of carbonyl (C=O) groups is 1. The molecule has 1 heterocycles. The van der Waals surface area contributed by atoms with Crippen molar-refractivity contribution in [2.24, 2.45) is 0 Å². The van der Waals surface area contributed by atoms with Crippen LogP contribution in [0.4, 0.5) is 0 Å². The first kappa shape index (κ1) is 17.8. The lowest BCUT2D eigenvalue weighted by molar-refractivity contribution is 0.0871. The van der Waals surface area contributed by atoms with Crippen LogP contribution in [0.5, 0.6) is 0 Å². The molecule has 1 saturated heterocycles. The summed E-state index contributed by atoms with van der Waals surface area (Å²) in [5.41, 5.74) is 2.24. The molecule has 0 aliphatic carbocycles. The quantitative estimate of drug-likeness (QED) is 0.723. The molecule has 3 nitrogen and oxygen atoms in total. The van der Waals surface area contributed by atoms with E-state index in [1.807, 2.05) is 30.3 Å². The van der Waals surface area contributed by atoms with Crippen LogP contribution in [0.1, 0.15) is 29.3 Å². The number of rotatable bonds is 7. The standard InChI is InChI=1S/C22H28N2O/c1-19(18-20-8-4-2-5-9-20)24-16-14-23(15-17-24)13-12-22(25)21-10-6-3-7-11-21/h2-11,19H,12-18H2,1H3. The Labute approximate surface area is 151 Å². The fourth-order valence-corrected chi connectivity index (χ4v) is 3.54. The van der Waals surface area contributed by atoms with Crippen LogP contribution in [0.15, 0.2) is 60.7 Å². The van der Waals surface area contributed by atoms with Crippen molar-refractivity contribution in [3.8, 4) is 0 Å². The molecular weight excluding hydrogens is 308 g/mol. The van der Waals surface area contributed by atoms with Crippen molar-refractivity contribution in [2.45, 2.75) is 25.8 Å². The van der Waals surface area contributed by atoms with Crippen LogP contribution in [-0.4, -0.2) is 54.3 Å². The van der Waals surface area contributed by atoms with Crippen LogP contribution < -0.4 is 0 Å². The zero-order chi connectivity index (χ0) is 17.5. The van der Waals surface area contributed by atoms with Gasteiger partial charge in [0.25, 0.3) is 0 Å². The van der Waals surface area contributed by atoms with Gasteiger partial charge in [-0.15, -0.1) is 0 Å². The maximum Gasteiger partial charge on any atom is 0.164 e. The maximum absolute atomic E-state index is 12.2. The van der Waals surface area contributed by atoms with Gasteiger partial charge >= 0.3 is 0 Å². The lowest BCUT2D eigenvalue weighted by Gasteiger charge is -2.38. The largest absolute Gasteiger partial charge is 0.300 e. The van der Waals surface area contributed by atoms with Crippen LogP contribution in [0.3, 0.4) is 0 Å². The van der Waals surface area contributed by atoms with E-state index in [2.05, 4.69) is 47.1 Å². The second kappa shape index (κ2) is 8.93. The van der Waals surface area contributed by atoms with Gasteiger partial charge in [-0.25, -0.2) is 0 Å². The van der Waals surface area contributed by atoms with Gasteiger partial charge in [-0.05, 0) is 18.9 Å². The zero-order valence-corrected chi connectivity index (χ0v) is 15.1. The predicted octanol–water partition coefficient (Wildman–Crippen LogP) is 3.51. The molecule has 1 aliphatic heterocycles. The monoisotopic (exact) mass is 336 g/mol. The molecule has 3 heteroatoms. The molecule has 0 radical (unpaired) electrons. The van der Waals surface area contributed by atoms with E-state index in [-0.39, 0.29) is 5.78 Å². The molecule has 1 unspecified atom stereocenters. The Morgan fingerprint density at radius 2 is 1.52 bits per heavy atom. The molecule has 1 fully saturated rings. The molecule has 1 atom stereocenters. The van der Waals surface area contributed by atoms with E-state index in [0.717, 1.165) is 44.7 Å². The van der Waals surface area contributed by atoms with Gasteiger partial charge in [-0.2, -0.15) is 0 Å². The number of ketones is 1. The van der Waals surface area contributed by atoms with Gasteiger partial charge in [0.2, 0.25) is 0 Å². The van der Waals surface area contributed by atoms with Crippen LogP contribution in [0.2, 0.25) is 0 Å². The second-order valence-corrected chi connectivity index (χ2v) is 6.96. The lowest BCUT2D eigenvalue weighted by atomic mass is 10.1. The van der Waals surface area contributed by atoms with Crippen molar-refractivity contribution >= 4 is 5.78 Å². The van der Waals surface area contributed by atoms with Crippen LogP contribution >= 0.6 is 0 Å². The Morgan fingerprint density at radius 1 is 0.920 bits per heavy atom. The van der Waals surface area contributed by atoms with Gasteiger partial charge in [-0.3, -0.25) is 9.69 Å². The minimum absolute atomic E-state index is 0.250. The third-order valence-corrected chi connectivity index (χ3v) is 5.16. The summed E-state index contributed by atoms with van der Waals surface area (Å²) in [6, 6.07) is 20.9. The van der Waals surface area contributed by atoms with Crippen LogP contribution in [-0.2, 0) is 6.42 Å². The fourth-order valence-electron chi connectivity index (χ4n) is 3.54. The minimum atomic E-state index is 0.250. The third kappa shape index (κ3) is 5.25. The molecule has 2 aromatic carbocycles. The van der Waals surface area contributed by atoms with Crippen LogP contribution in [0, 0.1) is 0 Å². The normalized spacial score (nSPS) is 17.3. The number of hydrogen-bond donors (Lipinski definition) is 0. The highest BCUT2D eigenvalue weighted by molar-refractivity contribution is 5.96. The minimum Gasteiger partial charge on any atom is -0.300 e. The molecule has 0 amide bonds. The zero-order valence-electron chi connectivity index (χ0n) is 15.1. The molecule has 132 valence electrons. The van der Waals surface area contributed by atoms with Crippen LogP contribution in [0.25, 0.3) is 0 Å². The first-order valence-corrected chi connectivity index (χ1v) is 9.31. The number of carbonyl (C=O) groups excluding carboxylic acids is 1. The van der Waals surface area contributed by atoms with Gasteiger partial charge in [0, 0.05) is 50.7 Å². The molecule has 1 aliphatic rings. The van der Waals surface area contributed by atoms with E-state index in [9.17, 15) is 4.79 Å². The predicted molar refractivity (Wildman–Crippen MR) is 103 cm³/mol. The topological polar surface area (TPSA) is 23.6 Å². The van der Waals surface area contributed by atoms with Gasteiger partial charge in [-0.1, -0.05) is 60.7 Å². The summed E-state index contributed by atoms with van der Waals surface area (Å²) in [5, 5.41) is 0. The van der Waals surface area contributed by atoms with E-state index in [1.54, 1.807) is 0 Å². The number of hydrogen-bond acceptors (Lipinski definition) is 3. The maximum atomic E-state index is 12.2. The Balaban J connectivity index is 1.40. The molecule has 0 aromatic heterocycles. The van der Waals surface area contributed by atoms with Crippen molar-refractivity contribution in [1.29, 1.82) is 0 Å².